The third-order valence-electron chi connectivity index (χ3n) is 2.20. The summed E-state index contributed by atoms with van der Waals surface area (Å²) in [5.74, 6) is -1.21. The van der Waals surface area contributed by atoms with Gasteiger partial charge in [-0.3, -0.25) is 9.59 Å². The Morgan fingerprint density at radius 1 is 1.67 bits per heavy atom. The molecule has 0 amide bonds. The van der Waals surface area contributed by atoms with Crippen molar-refractivity contribution in [2.24, 2.45) is 5.92 Å². The molecule has 3 unspecified atom stereocenters. The summed E-state index contributed by atoms with van der Waals surface area (Å²) in [6.45, 7) is 3.79. The SMILES string of the molecule is CCC1SC(C(=O)O)C(=O)C1C. The minimum atomic E-state index is -0.993. The van der Waals surface area contributed by atoms with Crippen molar-refractivity contribution in [2.45, 2.75) is 30.8 Å². The smallest absolute Gasteiger partial charge is 0.324 e. The molecule has 1 rings (SSSR count). The molecular weight excluding hydrogens is 176 g/mol. The van der Waals surface area contributed by atoms with E-state index < -0.39 is 11.2 Å². The number of carbonyl (C=O) groups is 2. The molecule has 3 nitrogen and oxygen atoms in total. The van der Waals surface area contributed by atoms with Crippen molar-refractivity contribution < 1.29 is 14.7 Å². The molecule has 0 saturated carbocycles. The maximum absolute atomic E-state index is 11.3. The lowest BCUT2D eigenvalue weighted by Gasteiger charge is -2.07. The van der Waals surface area contributed by atoms with E-state index in [-0.39, 0.29) is 17.0 Å². The number of ketones is 1. The lowest BCUT2D eigenvalue weighted by atomic mass is 9.99. The van der Waals surface area contributed by atoms with Crippen LogP contribution in [0.5, 0.6) is 0 Å². The molecular formula is C8H12O3S. The maximum atomic E-state index is 11.3. The van der Waals surface area contributed by atoms with Crippen LogP contribution in [0.4, 0.5) is 0 Å². The number of thioether (sulfide) groups is 1. The van der Waals surface area contributed by atoms with E-state index in [1.54, 1.807) is 0 Å². The molecule has 1 heterocycles. The van der Waals surface area contributed by atoms with Crippen molar-refractivity contribution in [3.05, 3.63) is 0 Å². The zero-order chi connectivity index (χ0) is 9.30. The minimum Gasteiger partial charge on any atom is -0.480 e. The molecule has 0 radical (unpaired) electrons. The molecule has 1 fully saturated rings. The van der Waals surface area contributed by atoms with E-state index in [9.17, 15) is 9.59 Å². The van der Waals surface area contributed by atoms with Crippen molar-refractivity contribution >= 4 is 23.5 Å². The summed E-state index contributed by atoms with van der Waals surface area (Å²) >= 11 is 1.29. The van der Waals surface area contributed by atoms with Gasteiger partial charge in [0, 0.05) is 11.2 Å². The Hall–Kier alpha value is -0.510. The second-order valence-corrected chi connectivity index (χ2v) is 4.34. The molecule has 12 heavy (non-hydrogen) atoms. The van der Waals surface area contributed by atoms with Crippen molar-refractivity contribution in [1.82, 2.24) is 0 Å². The summed E-state index contributed by atoms with van der Waals surface area (Å²) in [7, 11) is 0. The van der Waals surface area contributed by atoms with Crippen LogP contribution >= 0.6 is 11.8 Å². The highest BCUT2D eigenvalue weighted by molar-refractivity contribution is 8.02. The van der Waals surface area contributed by atoms with Crippen molar-refractivity contribution in [3.63, 3.8) is 0 Å². The zero-order valence-corrected chi connectivity index (χ0v) is 7.93. The summed E-state index contributed by atoms with van der Waals surface area (Å²) in [6.07, 6.45) is 0.862. The van der Waals surface area contributed by atoms with Gasteiger partial charge in [0.05, 0.1) is 0 Å². The van der Waals surface area contributed by atoms with Gasteiger partial charge in [0.25, 0.3) is 0 Å². The first kappa shape index (κ1) is 9.58. The van der Waals surface area contributed by atoms with Crippen molar-refractivity contribution in [3.8, 4) is 0 Å². The summed E-state index contributed by atoms with van der Waals surface area (Å²) in [5, 5.41) is 8.05. The molecule has 1 N–H and O–H groups in total. The zero-order valence-electron chi connectivity index (χ0n) is 7.11. The van der Waals surface area contributed by atoms with E-state index in [1.165, 1.54) is 11.8 Å². The number of Topliss-reactive ketones (excluding diaryl/α,β-unsaturated/α-hetero) is 1. The number of aliphatic carboxylic acids is 1. The van der Waals surface area contributed by atoms with Crippen LogP contribution in [0, 0.1) is 5.92 Å². The van der Waals surface area contributed by atoms with Crippen LogP contribution in [0.2, 0.25) is 0 Å². The van der Waals surface area contributed by atoms with Gasteiger partial charge in [0.15, 0.2) is 11.0 Å². The fourth-order valence-electron chi connectivity index (χ4n) is 1.41. The molecule has 4 heteroatoms. The highest BCUT2D eigenvalue weighted by Gasteiger charge is 2.42. The Morgan fingerprint density at radius 3 is 2.50 bits per heavy atom. The lowest BCUT2D eigenvalue weighted by molar-refractivity contribution is -0.139. The Labute approximate surface area is 75.5 Å². The molecule has 1 aliphatic heterocycles. The van der Waals surface area contributed by atoms with Gasteiger partial charge in [0.2, 0.25) is 0 Å². The second kappa shape index (κ2) is 3.47. The van der Waals surface area contributed by atoms with Gasteiger partial charge in [-0.05, 0) is 6.42 Å². The number of hydrogen-bond acceptors (Lipinski definition) is 3. The first-order valence-electron chi connectivity index (χ1n) is 4.00. The molecule has 0 aliphatic carbocycles. The van der Waals surface area contributed by atoms with Gasteiger partial charge >= 0.3 is 5.97 Å². The van der Waals surface area contributed by atoms with Crippen molar-refractivity contribution in [2.75, 3.05) is 0 Å². The predicted molar refractivity (Wildman–Crippen MR) is 47.3 cm³/mol. The van der Waals surface area contributed by atoms with Gasteiger partial charge in [-0.15, -0.1) is 11.8 Å². The molecule has 1 saturated heterocycles. The van der Waals surface area contributed by atoms with E-state index in [4.69, 9.17) is 5.11 Å². The monoisotopic (exact) mass is 188 g/mol. The highest BCUT2D eigenvalue weighted by Crippen LogP contribution is 2.37. The van der Waals surface area contributed by atoms with E-state index in [1.807, 2.05) is 13.8 Å². The van der Waals surface area contributed by atoms with E-state index in [0.29, 0.717) is 0 Å². The second-order valence-electron chi connectivity index (χ2n) is 2.99. The molecule has 68 valence electrons. The summed E-state index contributed by atoms with van der Waals surface area (Å²) in [4.78, 5) is 21.9. The van der Waals surface area contributed by atoms with Gasteiger partial charge in [-0.1, -0.05) is 13.8 Å². The van der Waals surface area contributed by atoms with Crippen LogP contribution in [0.1, 0.15) is 20.3 Å². The van der Waals surface area contributed by atoms with Crippen LogP contribution in [-0.4, -0.2) is 27.4 Å². The first-order chi connectivity index (χ1) is 5.57. The molecule has 0 aromatic rings. The normalized spacial score (nSPS) is 35.5. The maximum Gasteiger partial charge on any atom is 0.324 e. The molecule has 0 aromatic carbocycles. The molecule has 1 aliphatic rings. The largest absolute Gasteiger partial charge is 0.480 e. The van der Waals surface area contributed by atoms with E-state index >= 15 is 0 Å². The number of hydrogen-bond donors (Lipinski definition) is 1. The molecule has 0 aromatic heterocycles. The fourth-order valence-corrected chi connectivity index (χ4v) is 2.79. The highest BCUT2D eigenvalue weighted by atomic mass is 32.2. The van der Waals surface area contributed by atoms with E-state index in [0.717, 1.165) is 6.42 Å². The number of rotatable bonds is 2. The Kier molecular flexibility index (Phi) is 2.77. The third-order valence-corrected chi connectivity index (χ3v) is 4.00. The summed E-state index contributed by atoms with van der Waals surface area (Å²) in [6, 6.07) is 0. The lowest BCUT2D eigenvalue weighted by Crippen LogP contribution is -2.25. The average molecular weight is 188 g/mol. The number of carboxylic acids is 1. The van der Waals surface area contributed by atoms with Gasteiger partial charge in [0.1, 0.15) is 0 Å². The number of carboxylic acid groups (broad SMARTS) is 1. The summed E-state index contributed by atoms with van der Waals surface area (Å²) < 4.78 is 0. The standard InChI is InChI=1S/C8H12O3S/c1-3-5-4(2)6(9)7(12-5)8(10)11/h4-5,7H,3H2,1-2H3,(H,10,11). The van der Waals surface area contributed by atoms with Crippen LogP contribution < -0.4 is 0 Å². The van der Waals surface area contributed by atoms with Gasteiger partial charge in [-0.25, -0.2) is 0 Å². The predicted octanol–water partition coefficient (Wildman–Crippen LogP) is 1.17. The molecule has 3 atom stereocenters. The number of carbonyl (C=O) groups excluding carboxylic acids is 1. The molecule has 0 spiro atoms. The van der Waals surface area contributed by atoms with Crippen LogP contribution in [-0.2, 0) is 9.59 Å². The summed E-state index contributed by atoms with van der Waals surface area (Å²) in [5.41, 5.74) is 0. The van der Waals surface area contributed by atoms with Gasteiger partial charge < -0.3 is 5.11 Å². The Bertz CT molecular complexity index is 214. The van der Waals surface area contributed by atoms with Crippen molar-refractivity contribution in [1.29, 1.82) is 0 Å². The third kappa shape index (κ3) is 1.48. The Balaban J connectivity index is 2.73. The van der Waals surface area contributed by atoms with Gasteiger partial charge in [-0.2, -0.15) is 0 Å². The first-order valence-corrected chi connectivity index (χ1v) is 4.94. The quantitative estimate of drug-likeness (QED) is 0.661. The molecule has 0 bridgehead atoms. The van der Waals surface area contributed by atoms with Crippen LogP contribution in [0.25, 0.3) is 0 Å². The Morgan fingerprint density at radius 2 is 2.25 bits per heavy atom. The van der Waals surface area contributed by atoms with Crippen LogP contribution in [0.3, 0.4) is 0 Å². The van der Waals surface area contributed by atoms with Crippen LogP contribution in [0.15, 0.2) is 0 Å². The topological polar surface area (TPSA) is 54.4 Å². The van der Waals surface area contributed by atoms with E-state index in [2.05, 4.69) is 0 Å². The average Bonchev–Trinajstić information content (AvgIpc) is 2.30. The minimum absolute atomic E-state index is 0.0962. The fraction of sp³-hybridized carbons (Fsp3) is 0.750.